The predicted octanol–water partition coefficient (Wildman–Crippen LogP) is 4.52. The summed E-state index contributed by atoms with van der Waals surface area (Å²) >= 11 is 0. The summed E-state index contributed by atoms with van der Waals surface area (Å²) in [6.45, 7) is 1.95. The smallest absolute Gasteiger partial charge is 0.282 e. The number of benzene rings is 4. The van der Waals surface area contributed by atoms with E-state index in [1.165, 1.54) is 16.5 Å². The number of hydrogen-bond acceptors (Lipinski definition) is 1. The molecule has 3 nitrogen and oxygen atoms in total. The zero-order chi connectivity index (χ0) is 20.1. The summed E-state index contributed by atoms with van der Waals surface area (Å²) in [6, 6.07) is 34.6. The fourth-order valence-electron chi connectivity index (χ4n) is 3.63. The van der Waals surface area contributed by atoms with Crippen molar-refractivity contribution in [3.8, 4) is 0 Å². The highest BCUT2D eigenvalue weighted by atomic mass is 16.2. The normalized spacial score (nSPS) is 12.1. The number of nitrogens with one attached hydrogen (secondary N) is 1. The van der Waals surface area contributed by atoms with Gasteiger partial charge < -0.3 is 10.6 Å². The van der Waals surface area contributed by atoms with Crippen molar-refractivity contribution < 1.29 is 10.1 Å². The molecule has 0 aliphatic heterocycles. The summed E-state index contributed by atoms with van der Waals surface area (Å²) < 4.78 is 0. The minimum absolute atomic E-state index is 0.00265. The molecule has 3 heteroatoms. The molecular weight excluding hydrogens is 356 g/mol. The molecule has 0 aliphatic carbocycles. The lowest BCUT2D eigenvalue weighted by Crippen LogP contribution is -2.92. The molecule has 0 aliphatic rings. The Bertz CT molecular complexity index is 1050. The van der Waals surface area contributed by atoms with E-state index in [9.17, 15) is 4.79 Å². The zero-order valence-corrected chi connectivity index (χ0v) is 16.5. The van der Waals surface area contributed by atoms with Crippen LogP contribution in [0.2, 0.25) is 0 Å². The van der Waals surface area contributed by atoms with Crippen LogP contribution in [0.15, 0.2) is 103 Å². The van der Waals surface area contributed by atoms with E-state index in [0.29, 0.717) is 0 Å². The Labute approximate surface area is 171 Å². The van der Waals surface area contributed by atoms with Crippen LogP contribution in [0.1, 0.15) is 24.1 Å². The number of amides is 1. The molecule has 29 heavy (non-hydrogen) atoms. The molecule has 3 N–H and O–H groups in total. The van der Waals surface area contributed by atoms with Gasteiger partial charge in [0.25, 0.3) is 5.91 Å². The van der Waals surface area contributed by atoms with Crippen molar-refractivity contribution in [1.82, 2.24) is 0 Å². The summed E-state index contributed by atoms with van der Waals surface area (Å²) in [4.78, 5) is 12.9. The maximum absolute atomic E-state index is 12.9. The third kappa shape index (κ3) is 4.53. The molecule has 0 bridgehead atoms. The Morgan fingerprint density at radius 1 is 0.724 bits per heavy atom. The molecular formula is C26H25N2O+. The molecule has 4 aromatic rings. The van der Waals surface area contributed by atoms with Crippen molar-refractivity contribution >= 4 is 22.4 Å². The van der Waals surface area contributed by atoms with Crippen LogP contribution in [-0.2, 0) is 4.79 Å². The van der Waals surface area contributed by atoms with Crippen LogP contribution in [0, 0.1) is 0 Å². The monoisotopic (exact) mass is 381 g/mol. The van der Waals surface area contributed by atoms with E-state index in [-0.39, 0.29) is 18.0 Å². The lowest BCUT2D eigenvalue weighted by molar-refractivity contribution is -0.704. The van der Waals surface area contributed by atoms with Crippen LogP contribution >= 0.6 is 0 Å². The first-order valence-corrected chi connectivity index (χ1v) is 9.95. The number of hydrogen-bond donors (Lipinski definition) is 2. The highest BCUT2D eigenvalue weighted by Gasteiger charge is 2.24. The number of rotatable bonds is 6. The first-order chi connectivity index (χ1) is 14.2. The summed E-state index contributed by atoms with van der Waals surface area (Å²) in [5.41, 5.74) is 3.19. The van der Waals surface area contributed by atoms with Gasteiger partial charge in [-0.2, -0.15) is 0 Å². The zero-order valence-electron chi connectivity index (χ0n) is 16.5. The van der Waals surface area contributed by atoms with Crippen molar-refractivity contribution in [1.29, 1.82) is 0 Å². The molecule has 4 rings (SSSR count). The molecule has 0 radical (unpaired) electrons. The molecule has 0 heterocycles. The number of carbonyl (C=O) groups is 1. The first-order valence-electron chi connectivity index (χ1n) is 9.95. The summed E-state index contributed by atoms with van der Waals surface area (Å²) in [5, 5.41) is 7.48. The van der Waals surface area contributed by atoms with E-state index < -0.39 is 0 Å². The third-order valence-electron chi connectivity index (χ3n) is 5.23. The van der Waals surface area contributed by atoms with Gasteiger partial charge in [0.2, 0.25) is 0 Å². The van der Waals surface area contributed by atoms with Gasteiger partial charge in [0, 0.05) is 16.8 Å². The van der Waals surface area contributed by atoms with Crippen LogP contribution in [0.5, 0.6) is 0 Å². The largest absolute Gasteiger partial charge is 0.326 e. The van der Waals surface area contributed by atoms with E-state index >= 15 is 0 Å². The van der Waals surface area contributed by atoms with Gasteiger partial charge in [-0.05, 0) is 29.8 Å². The lowest BCUT2D eigenvalue weighted by atomic mass is 9.98. The van der Waals surface area contributed by atoms with Crippen molar-refractivity contribution in [2.45, 2.75) is 19.0 Å². The summed E-state index contributed by atoms with van der Waals surface area (Å²) in [6.07, 6.45) is 0. The highest BCUT2D eigenvalue weighted by Crippen LogP contribution is 2.20. The number of carbonyl (C=O) groups excluding carboxylic acids is 1. The van der Waals surface area contributed by atoms with Crippen LogP contribution in [0.4, 0.5) is 5.69 Å². The fraction of sp³-hybridized carbons (Fsp3) is 0.115. The van der Waals surface area contributed by atoms with Crippen LogP contribution in [0.3, 0.4) is 0 Å². The summed E-state index contributed by atoms with van der Waals surface area (Å²) in [5.74, 6) is -0.00265. The van der Waals surface area contributed by atoms with Crippen LogP contribution in [-0.4, -0.2) is 11.9 Å². The van der Waals surface area contributed by atoms with Gasteiger partial charge in [-0.15, -0.1) is 0 Å². The van der Waals surface area contributed by atoms with Crippen molar-refractivity contribution in [3.63, 3.8) is 0 Å². The van der Waals surface area contributed by atoms with E-state index in [2.05, 4.69) is 47.0 Å². The first kappa shape index (κ1) is 18.9. The Morgan fingerprint density at radius 2 is 1.28 bits per heavy atom. The Morgan fingerprint density at radius 3 is 1.90 bits per heavy atom. The van der Waals surface area contributed by atoms with Gasteiger partial charge in [0.05, 0.1) is 0 Å². The van der Waals surface area contributed by atoms with Gasteiger partial charge in [-0.3, -0.25) is 4.79 Å². The van der Waals surface area contributed by atoms with Crippen molar-refractivity contribution in [2.24, 2.45) is 0 Å². The molecule has 0 spiro atoms. The van der Waals surface area contributed by atoms with Gasteiger partial charge in [-0.25, -0.2) is 0 Å². The number of nitrogens with two attached hydrogens (primary N) is 1. The molecule has 0 saturated carbocycles. The second kappa shape index (κ2) is 8.72. The van der Waals surface area contributed by atoms with E-state index in [4.69, 9.17) is 0 Å². The Kier molecular flexibility index (Phi) is 5.68. The molecule has 0 unspecified atom stereocenters. The predicted molar refractivity (Wildman–Crippen MR) is 119 cm³/mol. The molecule has 144 valence electrons. The van der Waals surface area contributed by atoms with Crippen LogP contribution in [0.25, 0.3) is 10.8 Å². The minimum atomic E-state index is -0.244. The van der Waals surface area contributed by atoms with E-state index in [0.717, 1.165) is 11.1 Å². The summed E-state index contributed by atoms with van der Waals surface area (Å²) in [7, 11) is 0. The Balaban J connectivity index is 1.52. The number of quaternary nitrogens is 1. The van der Waals surface area contributed by atoms with Crippen molar-refractivity contribution in [2.75, 3.05) is 5.32 Å². The fourth-order valence-corrected chi connectivity index (χ4v) is 3.63. The second-order valence-corrected chi connectivity index (χ2v) is 7.33. The van der Waals surface area contributed by atoms with Gasteiger partial charge in [0.15, 0.2) is 6.04 Å². The molecule has 0 aromatic heterocycles. The van der Waals surface area contributed by atoms with Gasteiger partial charge in [0.1, 0.15) is 6.04 Å². The maximum atomic E-state index is 12.9. The van der Waals surface area contributed by atoms with Crippen molar-refractivity contribution in [3.05, 3.63) is 114 Å². The quantitative estimate of drug-likeness (QED) is 0.507. The highest BCUT2D eigenvalue weighted by molar-refractivity contribution is 5.96. The SMILES string of the molecule is C[C@@H]([NH2+]C(c1ccccc1)c1ccccc1)C(=O)Nc1ccc2ccccc2c1. The number of anilines is 1. The lowest BCUT2D eigenvalue weighted by Gasteiger charge is -2.21. The molecule has 1 amide bonds. The Hall–Kier alpha value is -3.43. The molecule has 1 atom stereocenters. The van der Waals surface area contributed by atoms with E-state index in [1.807, 2.05) is 73.7 Å². The number of fused-ring (bicyclic) bond motifs is 1. The minimum Gasteiger partial charge on any atom is -0.326 e. The second-order valence-electron chi connectivity index (χ2n) is 7.33. The van der Waals surface area contributed by atoms with Gasteiger partial charge in [-0.1, -0.05) is 91.0 Å². The topological polar surface area (TPSA) is 45.7 Å². The molecule has 0 saturated heterocycles. The van der Waals surface area contributed by atoms with Gasteiger partial charge >= 0.3 is 0 Å². The average molecular weight is 381 g/mol. The van der Waals surface area contributed by atoms with Crippen LogP contribution < -0.4 is 10.6 Å². The maximum Gasteiger partial charge on any atom is 0.282 e. The standard InChI is InChI=1S/C26H24N2O/c1-19(26(29)28-24-17-16-20-10-8-9-15-23(20)18-24)27-25(21-11-4-2-5-12-21)22-13-6-3-7-14-22/h2-19,25,27H,1H3,(H,28,29)/p+1/t19-/m1/s1. The molecule has 0 fully saturated rings. The van der Waals surface area contributed by atoms with E-state index in [1.54, 1.807) is 0 Å². The average Bonchev–Trinajstić information content (AvgIpc) is 2.78. The molecule has 4 aromatic carbocycles. The third-order valence-corrected chi connectivity index (χ3v) is 5.23.